The Morgan fingerprint density at radius 1 is 1.43 bits per heavy atom. The van der Waals surface area contributed by atoms with Crippen LogP contribution in [0.15, 0.2) is 30.4 Å². The topological polar surface area (TPSA) is 122 Å². The molecule has 1 aromatic carbocycles. The molecule has 0 saturated carbocycles. The fraction of sp³-hybridized carbons (Fsp3) is 0.316. The molecule has 2 heterocycles. The average molecular weight is 404 g/mol. The first-order valence-electron chi connectivity index (χ1n) is 8.84. The lowest BCUT2D eigenvalue weighted by molar-refractivity contribution is -0.116. The van der Waals surface area contributed by atoms with Crippen LogP contribution in [-0.2, 0) is 9.53 Å². The van der Waals surface area contributed by atoms with E-state index in [4.69, 9.17) is 17.3 Å². The second-order valence-corrected chi connectivity index (χ2v) is 7.04. The number of nitrogens with one attached hydrogen (secondary N) is 3. The van der Waals surface area contributed by atoms with E-state index in [1.807, 2.05) is 19.1 Å². The summed E-state index contributed by atoms with van der Waals surface area (Å²) < 4.78 is 4.62. The van der Waals surface area contributed by atoms with Gasteiger partial charge in [0.1, 0.15) is 16.7 Å². The fourth-order valence-corrected chi connectivity index (χ4v) is 3.20. The van der Waals surface area contributed by atoms with Crippen LogP contribution in [0.25, 0.3) is 11.3 Å². The Bertz CT molecular complexity index is 924. The summed E-state index contributed by atoms with van der Waals surface area (Å²) in [6.07, 6.45) is 4.17. The molecule has 2 atom stereocenters. The zero-order valence-corrected chi connectivity index (χ0v) is 16.3. The molecular formula is C19H22ClN5O3. The van der Waals surface area contributed by atoms with E-state index in [0.717, 1.165) is 0 Å². The highest BCUT2D eigenvalue weighted by Gasteiger charge is 2.20. The number of methoxy groups -OCH3 is 1. The number of hydrogen-bond donors (Lipinski definition) is 4. The molecule has 1 aliphatic rings. The highest BCUT2D eigenvalue weighted by Crippen LogP contribution is 2.35. The number of hydrogen-bond acceptors (Lipinski definition) is 5. The molecule has 0 aliphatic carbocycles. The molecule has 9 heteroatoms. The maximum Gasteiger partial charge on any atom is 0.411 e. The highest BCUT2D eigenvalue weighted by molar-refractivity contribution is 6.32. The van der Waals surface area contributed by atoms with Crippen molar-refractivity contribution in [3.05, 3.63) is 41.3 Å². The first-order valence-corrected chi connectivity index (χ1v) is 9.22. The number of carbonyl (C=O) groups excluding carboxylic acids is 2. The van der Waals surface area contributed by atoms with Gasteiger partial charge in [0.05, 0.1) is 18.8 Å². The third-order valence-corrected chi connectivity index (χ3v) is 4.65. The summed E-state index contributed by atoms with van der Waals surface area (Å²) in [4.78, 5) is 31.6. The van der Waals surface area contributed by atoms with Crippen molar-refractivity contribution in [3.63, 3.8) is 0 Å². The zero-order chi connectivity index (χ0) is 20.3. The number of allylic oxidation sites excluding steroid dienone is 1. The van der Waals surface area contributed by atoms with Crippen molar-refractivity contribution in [2.75, 3.05) is 17.7 Å². The van der Waals surface area contributed by atoms with Gasteiger partial charge in [-0.2, -0.15) is 0 Å². The molecule has 8 nitrogen and oxygen atoms in total. The summed E-state index contributed by atoms with van der Waals surface area (Å²) >= 11 is 6.36. The van der Waals surface area contributed by atoms with Gasteiger partial charge < -0.3 is 20.8 Å². The average Bonchev–Trinajstić information content (AvgIpc) is 3.02. The minimum absolute atomic E-state index is 0.0441. The van der Waals surface area contributed by atoms with Crippen LogP contribution in [-0.4, -0.2) is 29.1 Å². The van der Waals surface area contributed by atoms with E-state index in [2.05, 4.69) is 25.3 Å². The zero-order valence-electron chi connectivity index (χ0n) is 15.6. The van der Waals surface area contributed by atoms with E-state index in [-0.39, 0.29) is 17.9 Å². The number of benzene rings is 1. The van der Waals surface area contributed by atoms with Crippen LogP contribution < -0.4 is 16.4 Å². The minimum Gasteiger partial charge on any atom is -0.453 e. The normalized spacial score (nSPS) is 20.6. The van der Waals surface area contributed by atoms with Crippen molar-refractivity contribution < 1.29 is 14.3 Å². The lowest BCUT2D eigenvalue weighted by Gasteiger charge is -2.14. The molecule has 5 N–H and O–H groups in total. The quantitative estimate of drug-likeness (QED) is 0.539. The number of amides is 2. The van der Waals surface area contributed by atoms with Gasteiger partial charge in [-0.1, -0.05) is 30.7 Å². The summed E-state index contributed by atoms with van der Waals surface area (Å²) in [6, 6.07) is 4.69. The van der Waals surface area contributed by atoms with E-state index in [1.54, 1.807) is 18.2 Å². The molecule has 0 spiro atoms. The van der Waals surface area contributed by atoms with Gasteiger partial charge >= 0.3 is 6.09 Å². The van der Waals surface area contributed by atoms with Gasteiger partial charge in [-0.15, -0.1) is 0 Å². The molecule has 3 rings (SSSR count). The van der Waals surface area contributed by atoms with E-state index in [9.17, 15) is 9.59 Å². The molecular weight excluding hydrogens is 382 g/mol. The van der Waals surface area contributed by atoms with Gasteiger partial charge in [0.15, 0.2) is 0 Å². The van der Waals surface area contributed by atoms with Gasteiger partial charge in [-0.3, -0.25) is 10.1 Å². The van der Waals surface area contributed by atoms with Crippen LogP contribution in [0.2, 0.25) is 5.15 Å². The number of anilines is 2. The van der Waals surface area contributed by atoms with Crippen molar-refractivity contribution in [3.8, 4) is 11.3 Å². The van der Waals surface area contributed by atoms with Crippen LogP contribution >= 0.6 is 11.6 Å². The Kier molecular flexibility index (Phi) is 6.01. The van der Waals surface area contributed by atoms with Gasteiger partial charge in [0, 0.05) is 17.7 Å². The highest BCUT2D eigenvalue weighted by atomic mass is 35.5. The monoisotopic (exact) mass is 403 g/mol. The molecule has 1 aromatic heterocycles. The number of H-pyrrole nitrogens is 1. The Morgan fingerprint density at radius 2 is 2.21 bits per heavy atom. The molecule has 0 radical (unpaired) electrons. The standard InChI is InChI=1S/C19H22ClN5O3/c1-10-4-3-5-13(21)18-24-16(17(20)25-18)12-7-6-11(22-19(27)28-2)9-14(12)23-15(26)8-10/h3-4,6-7,9-10,13H,5,8,21H2,1-2H3,(H,22,27)(H,23,26)(H,24,25)/b4-3+. The number of carbonyl (C=O) groups is 2. The minimum atomic E-state index is -0.610. The van der Waals surface area contributed by atoms with Crippen molar-refractivity contribution in [2.45, 2.75) is 25.8 Å². The van der Waals surface area contributed by atoms with Crippen LogP contribution in [0, 0.1) is 5.92 Å². The fourth-order valence-electron chi connectivity index (χ4n) is 2.95. The third kappa shape index (κ3) is 4.52. The molecule has 1 aliphatic heterocycles. The van der Waals surface area contributed by atoms with Gasteiger partial charge in [0.25, 0.3) is 0 Å². The lowest BCUT2D eigenvalue weighted by atomic mass is 10.0. The Labute approximate surface area is 167 Å². The van der Waals surface area contributed by atoms with E-state index in [0.29, 0.717) is 46.5 Å². The van der Waals surface area contributed by atoms with Crippen LogP contribution in [0.1, 0.15) is 31.6 Å². The molecule has 2 aromatic rings. The lowest BCUT2D eigenvalue weighted by Crippen LogP contribution is -2.16. The third-order valence-electron chi connectivity index (χ3n) is 4.37. The van der Waals surface area contributed by atoms with Crippen LogP contribution in [0.3, 0.4) is 0 Å². The maximum absolute atomic E-state index is 12.5. The summed E-state index contributed by atoms with van der Waals surface area (Å²) in [5.74, 6) is 0.442. The number of imidazole rings is 1. The number of aromatic nitrogens is 2. The van der Waals surface area contributed by atoms with Gasteiger partial charge in [0.2, 0.25) is 5.91 Å². The first kappa shape index (κ1) is 19.9. The van der Waals surface area contributed by atoms with E-state index >= 15 is 0 Å². The predicted octanol–water partition coefficient (Wildman–Crippen LogP) is 3.83. The van der Waals surface area contributed by atoms with Crippen molar-refractivity contribution >= 4 is 35.0 Å². The number of nitrogens with zero attached hydrogens (tertiary/aromatic N) is 1. The van der Waals surface area contributed by atoms with Crippen LogP contribution in [0.5, 0.6) is 0 Å². The van der Waals surface area contributed by atoms with Crippen molar-refractivity contribution in [1.29, 1.82) is 0 Å². The molecule has 2 unspecified atom stereocenters. The number of rotatable bonds is 1. The number of nitrogens with two attached hydrogens (primary N) is 1. The Hall–Kier alpha value is -2.84. The summed E-state index contributed by atoms with van der Waals surface area (Å²) in [5, 5.41) is 5.79. The molecule has 2 amide bonds. The Morgan fingerprint density at radius 3 is 2.96 bits per heavy atom. The van der Waals surface area contributed by atoms with Crippen LogP contribution in [0.4, 0.5) is 16.2 Å². The number of halogens is 1. The Balaban J connectivity index is 2.08. The predicted molar refractivity (Wildman–Crippen MR) is 108 cm³/mol. The number of aromatic amines is 1. The van der Waals surface area contributed by atoms with E-state index < -0.39 is 6.09 Å². The largest absolute Gasteiger partial charge is 0.453 e. The molecule has 28 heavy (non-hydrogen) atoms. The molecule has 2 bridgehead atoms. The van der Waals surface area contributed by atoms with E-state index in [1.165, 1.54) is 7.11 Å². The second kappa shape index (κ2) is 8.45. The summed E-state index contributed by atoms with van der Waals surface area (Å²) in [6.45, 7) is 1.96. The van der Waals surface area contributed by atoms with Crippen molar-refractivity contribution in [1.82, 2.24) is 9.97 Å². The first-order chi connectivity index (χ1) is 13.4. The second-order valence-electron chi connectivity index (χ2n) is 6.66. The smallest absolute Gasteiger partial charge is 0.411 e. The molecule has 0 fully saturated rings. The number of ether oxygens (including phenoxy) is 1. The summed E-state index contributed by atoms with van der Waals surface area (Å²) in [5.41, 5.74) is 8.24. The molecule has 148 valence electrons. The van der Waals surface area contributed by atoms with Crippen molar-refractivity contribution in [2.24, 2.45) is 11.7 Å². The van der Waals surface area contributed by atoms with Gasteiger partial charge in [-0.05, 0) is 30.5 Å². The maximum atomic E-state index is 12.5. The summed E-state index contributed by atoms with van der Waals surface area (Å²) in [7, 11) is 1.27. The van der Waals surface area contributed by atoms with Gasteiger partial charge in [-0.25, -0.2) is 9.78 Å². The number of fused-ring (bicyclic) bond motifs is 4. The SMILES string of the molecule is COC(=O)Nc1ccc2c(c1)NC(=O)CC(C)/C=C/CC(N)c1nc-2c(Cl)[nH]1. The molecule has 0 saturated heterocycles.